The summed E-state index contributed by atoms with van der Waals surface area (Å²) in [5.74, 6) is -1.87. The lowest BCUT2D eigenvalue weighted by molar-refractivity contribution is -0.121. The molecule has 0 saturated carbocycles. The highest BCUT2D eigenvalue weighted by atomic mass is 32.2. The van der Waals surface area contributed by atoms with Crippen LogP contribution in [0, 0.1) is 0 Å². The number of amides is 3. The number of esters is 1. The Kier molecular flexibility index (Phi) is 7.33. The molecule has 34 heavy (non-hydrogen) atoms. The van der Waals surface area contributed by atoms with Crippen LogP contribution in [0.1, 0.15) is 50.8 Å². The number of para-hydroxylation sites is 1. The molecule has 2 aromatic rings. The summed E-state index contributed by atoms with van der Waals surface area (Å²) in [6.45, 7) is 2.91. The molecule has 9 heteroatoms. The number of thioether (sulfide) groups is 1. The summed E-state index contributed by atoms with van der Waals surface area (Å²) in [5, 5.41) is 0.363. The second kappa shape index (κ2) is 10.4. The molecule has 2 aliphatic rings. The van der Waals surface area contributed by atoms with Crippen molar-refractivity contribution in [2.75, 3.05) is 38.3 Å². The molecule has 0 spiro atoms. The minimum absolute atomic E-state index is 0.117. The van der Waals surface area contributed by atoms with Crippen molar-refractivity contribution in [2.24, 2.45) is 0 Å². The molecular weight excluding hydrogens is 456 g/mol. The molecule has 2 aromatic carbocycles. The summed E-state index contributed by atoms with van der Waals surface area (Å²) in [7, 11) is 1.55. The van der Waals surface area contributed by atoms with Crippen LogP contribution in [0.25, 0.3) is 0 Å². The topological polar surface area (TPSA) is 93.2 Å². The van der Waals surface area contributed by atoms with Gasteiger partial charge in [-0.25, -0.2) is 4.79 Å². The van der Waals surface area contributed by atoms with Crippen molar-refractivity contribution >= 4 is 41.1 Å². The van der Waals surface area contributed by atoms with Crippen LogP contribution in [0.5, 0.6) is 0 Å². The zero-order chi connectivity index (χ0) is 24.2. The molecule has 0 N–H and O–H groups in total. The molecule has 4 rings (SSSR count). The SMILES string of the molecule is COCCCN1C(=O)c2ccc(C(=O)OCC(=O)N3CC[C@@H](C)Sc4ccccc43)cc2C1=O. The van der Waals surface area contributed by atoms with E-state index in [0.29, 0.717) is 24.8 Å². The first-order valence-corrected chi connectivity index (χ1v) is 12.0. The lowest BCUT2D eigenvalue weighted by atomic mass is 10.1. The average Bonchev–Trinajstić information content (AvgIpc) is 2.96. The number of carbonyl (C=O) groups excluding carboxylic acids is 4. The third kappa shape index (κ3) is 4.85. The smallest absolute Gasteiger partial charge is 0.338 e. The zero-order valence-electron chi connectivity index (χ0n) is 19.1. The van der Waals surface area contributed by atoms with Gasteiger partial charge < -0.3 is 14.4 Å². The molecule has 2 aliphatic heterocycles. The Bertz CT molecular complexity index is 1130. The van der Waals surface area contributed by atoms with Crippen LogP contribution >= 0.6 is 11.8 Å². The number of rotatable bonds is 7. The van der Waals surface area contributed by atoms with Gasteiger partial charge in [0, 0.05) is 37.0 Å². The molecule has 2 heterocycles. The van der Waals surface area contributed by atoms with Crippen LogP contribution < -0.4 is 4.90 Å². The summed E-state index contributed by atoms with van der Waals surface area (Å²) >= 11 is 1.72. The van der Waals surface area contributed by atoms with Crippen LogP contribution in [-0.4, -0.2) is 67.3 Å². The van der Waals surface area contributed by atoms with Crippen molar-refractivity contribution in [3.63, 3.8) is 0 Å². The van der Waals surface area contributed by atoms with E-state index < -0.39 is 24.4 Å². The van der Waals surface area contributed by atoms with Crippen molar-refractivity contribution in [3.05, 3.63) is 59.2 Å². The maximum absolute atomic E-state index is 12.9. The molecular formula is C25H26N2O6S. The zero-order valence-corrected chi connectivity index (χ0v) is 19.9. The van der Waals surface area contributed by atoms with Crippen molar-refractivity contribution < 1.29 is 28.7 Å². The summed E-state index contributed by atoms with van der Waals surface area (Å²) in [4.78, 5) is 54.6. The summed E-state index contributed by atoms with van der Waals surface area (Å²) in [5.41, 5.74) is 1.35. The highest BCUT2D eigenvalue weighted by Gasteiger charge is 2.35. The molecule has 0 unspecified atom stereocenters. The third-order valence-electron chi connectivity index (χ3n) is 5.81. The standard InChI is InChI=1S/C25H26N2O6S/c1-16-10-12-26(20-6-3-4-7-21(20)34-16)22(28)15-33-25(31)17-8-9-18-19(14-17)24(30)27(23(18)29)11-5-13-32-2/h3-4,6-9,14,16H,5,10-13,15H2,1-2H3/t16-/m1/s1. The first-order chi connectivity index (χ1) is 16.4. The van der Waals surface area contributed by atoms with Crippen LogP contribution in [-0.2, 0) is 14.3 Å². The molecule has 0 fully saturated rings. The molecule has 8 nitrogen and oxygen atoms in total. The van der Waals surface area contributed by atoms with E-state index in [2.05, 4.69) is 6.92 Å². The van der Waals surface area contributed by atoms with Gasteiger partial charge in [-0.3, -0.25) is 19.3 Å². The molecule has 0 saturated heterocycles. The van der Waals surface area contributed by atoms with Gasteiger partial charge in [0.05, 0.1) is 22.4 Å². The number of ether oxygens (including phenoxy) is 2. The lowest BCUT2D eigenvalue weighted by Gasteiger charge is -2.22. The van der Waals surface area contributed by atoms with Gasteiger partial charge in [-0.05, 0) is 43.2 Å². The monoisotopic (exact) mass is 482 g/mol. The fraction of sp³-hybridized carbons (Fsp3) is 0.360. The quantitative estimate of drug-likeness (QED) is 0.339. The number of nitrogens with zero attached hydrogens (tertiary/aromatic N) is 2. The fourth-order valence-electron chi connectivity index (χ4n) is 4.02. The minimum Gasteiger partial charge on any atom is -0.452 e. The highest BCUT2D eigenvalue weighted by Crippen LogP contribution is 2.37. The summed E-state index contributed by atoms with van der Waals surface area (Å²) in [6.07, 6.45) is 1.34. The average molecular weight is 483 g/mol. The van der Waals surface area contributed by atoms with E-state index in [1.54, 1.807) is 23.8 Å². The van der Waals surface area contributed by atoms with Crippen molar-refractivity contribution in [1.29, 1.82) is 0 Å². The van der Waals surface area contributed by atoms with Gasteiger partial charge in [0.25, 0.3) is 17.7 Å². The normalized spacial score (nSPS) is 17.3. The molecule has 1 atom stereocenters. The van der Waals surface area contributed by atoms with Gasteiger partial charge in [-0.1, -0.05) is 19.1 Å². The number of anilines is 1. The van der Waals surface area contributed by atoms with E-state index in [1.807, 2.05) is 24.3 Å². The van der Waals surface area contributed by atoms with E-state index in [4.69, 9.17) is 9.47 Å². The molecule has 0 aromatic heterocycles. The van der Waals surface area contributed by atoms with Gasteiger partial charge in [-0.2, -0.15) is 0 Å². The molecule has 0 radical (unpaired) electrons. The maximum atomic E-state index is 12.9. The van der Waals surface area contributed by atoms with Crippen molar-refractivity contribution in [2.45, 2.75) is 29.9 Å². The number of benzene rings is 2. The first kappa shape index (κ1) is 24.0. The fourth-order valence-corrected chi connectivity index (χ4v) is 5.14. The van der Waals surface area contributed by atoms with Gasteiger partial charge in [0.2, 0.25) is 0 Å². The van der Waals surface area contributed by atoms with Crippen LogP contribution in [0.15, 0.2) is 47.4 Å². The number of hydrogen-bond acceptors (Lipinski definition) is 7. The van der Waals surface area contributed by atoms with Gasteiger partial charge in [0.1, 0.15) is 0 Å². The van der Waals surface area contributed by atoms with Crippen LogP contribution in [0.3, 0.4) is 0 Å². The Labute approximate surface area is 202 Å². The Morgan fingerprint density at radius 1 is 1.09 bits per heavy atom. The highest BCUT2D eigenvalue weighted by molar-refractivity contribution is 8.00. The number of imide groups is 1. The minimum atomic E-state index is -0.722. The van der Waals surface area contributed by atoms with E-state index in [-0.39, 0.29) is 29.1 Å². The third-order valence-corrected chi connectivity index (χ3v) is 7.05. The molecule has 0 aliphatic carbocycles. The van der Waals surface area contributed by atoms with E-state index >= 15 is 0 Å². The first-order valence-electron chi connectivity index (χ1n) is 11.1. The van der Waals surface area contributed by atoms with Gasteiger partial charge >= 0.3 is 5.97 Å². The molecule has 0 bridgehead atoms. The largest absolute Gasteiger partial charge is 0.452 e. The Balaban J connectivity index is 1.42. The summed E-state index contributed by atoms with van der Waals surface area (Å²) in [6, 6.07) is 11.9. The summed E-state index contributed by atoms with van der Waals surface area (Å²) < 4.78 is 10.3. The Morgan fingerprint density at radius 3 is 2.65 bits per heavy atom. The van der Waals surface area contributed by atoms with Crippen LogP contribution in [0.2, 0.25) is 0 Å². The van der Waals surface area contributed by atoms with E-state index in [1.165, 1.54) is 18.2 Å². The predicted octanol–water partition coefficient (Wildman–Crippen LogP) is 3.39. The second-order valence-electron chi connectivity index (χ2n) is 8.18. The number of fused-ring (bicyclic) bond motifs is 2. The van der Waals surface area contributed by atoms with Crippen LogP contribution in [0.4, 0.5) is 5.69 Å². The van der Waals surface area contributed by atoms with Gasteiger partial charge in [-0.15, -0.1) is 11.8 Å². The molecule has 3 amide bonds. The van der Waals surface area contributed by atoms with E-state index in [0.717, 1.165) is 21.9 Å². The van der Waals surface area contributed by atoms with Gasteiger partial charge in [0.15, 0.2) is 6.61 Å². The molecule has 178 valence electrons. The predicted molar refractivity (Wildman–Crippen MR) is 127 cm³/mol. The Hall–Kier alpha value is -3.17. The Morgan fingerprint density at radius 2 is 1.85 bits per heavy atom. The van der Waals surface area contributed by atoms with E-state index in [9.17, 15) is 19.2 Å². The maximum Gasteiger partial charge on any atom is 0.338 e. The lowest BCUT2D eigenvalue weighted by Crippen LogP contribution is -2.35. The number of hydrogen-bond donors (Lipinski definition) is 0. The number of carbonyl (C=O) groups is 4. The van der Waals surface area contributed by atoms with Crippen molar-refractivity contribution in [1.82, 2.24) is 4.90 Å². The second-order valence-corrected chi connectivity index (χ2v) is 9.66. The number of methoxy groups -OCH3 is 1. The van der Waals surface area contributed by atoms with Crippen molar-refractivity contribution in [3.8, 4) is 0 Å².